The average molecular weight is 253 g/mol. The van der Waals surface area contributed by atoms with Crippen molar-refractivity contribution in [3.05, 3.63) is 29.8 Å². The molecule has 0 aromatic heterocycles. The van der Waals surface area contributed by atoms with E-state index in [-0.39, 0.29) is 10.8 Å². The van der Waals surface area contributed by atoms with Crippen LogP contribution in [0.5, 0.6) is 0 Å². The third-order valence-electron chi connectivity index (χ3n) is 3.20. The summed E-state index contributed by atoms with van der Waals surface area (Å²) in [5.41, 5.74) is 0.0977. The molecule has 0 saturated heterocycles. The molecule has 1 aromatic carbocycles. The molecule has 2 N–H and O–H groups in total. The molecule has 1 atom stereocenters. The molecule has 1 aliphatic rings. The van der Waals surface area contributed by atoms with E-state index in [0.717, 1.165) is 25.7 Å². The van der Waals surface area contributed by atoms with Crippen molar-refractivity contribution in [1.82, 2.24) is 0 Å². The lowest BCUT2D eigenvalue weighted by Gasteiger charge is -2.14. The molecule has 1 aliphatic carbocycles. The van der Waals surface area contributed by atoms with Crippen LogP contribution in [0.3, 0.4) is 0 Å². The van der Waals surface area contributed by atoms with E-state index < -0.39 is 15.7 Å². The van der Waals surface area contributed by atoms with Gasteiger partial charge in [-0.15, -0.1) is 0 Å². The Labute approximate surface area is 101 Å². The van der Waals surface area contributed by atoms with Crippen molar-refractivity contribution in [2.75, 3.05) is 0 Å². The number of carbonyl (C=O) groups is 1. The second-order valence-corrected chi connectivity index (χ2v) is 6.68. The third-order valence-corrected chi connectivity index (χ3v) is 5.57. The summed E-state index contributed by atoms with van der Waals surface area (Å²) in [4.78, 5) is 11.2. The van der Waals surface area contributed by atoms with Crippen molar-refractivity contribution in [2.45, 2.75) is 35.8 Å². The van der Waals surface area contributed by atoms with E-state index in [1.165, 1.54) is 12.1 Å². The lowest BCUT2D eigenvalue weighted by Crippen LogP contribution is -2.16. The number of aromatic carboxylic acids is 1. The Morgan fingerprint density at radius 1 is 1.35 bits per heavy atom. The normalized spacial score (nSPS) is 20.0. The summed E-state index contributed by atoms with van der Waals surface area (Å²) in [5.74, 6) is -1.05. The fourth-order valence-electron chi connectivity index (χ4n) is 2.23. The summed E-state index contributed by atoms with van der Waals surface area (Å²) < 4.78 is 20.5. The van der Waals surface area contributed by atoms with Crippen LogP contribution in [0.1, 0.15) is 36.0 Å². The average Bonchev–Trinajstić information content (AvgIpc) is 2.83. The van der Waals surface area contributed by atoms with Crippen LogP contribution < -0.4 is 0 Å². The van der Waals surface area contributed by atoms with E-state index in [2.05, 4.69) is 0 Å². The van der Waals surface area contributed by atoms with Crippen LogP contribution in [0.4, 0.5) is 0 Å². The topological polar surface area (TPSA) is 78.2 Å². The molecule has 1 aromatic rings. The maximum Gasteiger partial charge on any atom is 0.335 e. The van der Waals surface area contributed by atoms with Gasteiger partial charge in [-0.05, 0) is 31.0 Å². The van der Waals surface area contributed by atoms with Gasteiger partial charge in [-0.25, -0.2) is 13.8 Å². The third kappa shape index (κ3) is 2.34. The zero-order valence-electron chi connectivity index (χ0n) is 9.39. The number of hydrogen-bond donors (Lipinski definition) is 2. The lowest BCUT2D eigenvalue weighted by molar-refractivity contribution is 0.0696. The molecule has 1 saturated carbocycles. The zero-order valence-corrected chi connectivity index (χ0v) is 10.2. The maximum atomic E-state index is 12.4. The van der Waals surface area contributed by atoms with Crippen LogP contribution in [0.15, 0.2) is 29.2 Å². The first-order valence-electron chi connectivity index (χ1n) is 5.63. The van der Waals surface area contributed by atoms with Crippen LogP contribution in [0.25, 0.3) is 0 Å². The molecule has 17 heavy (non-hydrogen) atoms. The van der Waals surface area contributed by atoms with Gasteiger partial charge in [0.05, 0.1) is 15.3 Å². The van der Waals surface area contributed by atoms with Crippen LogP contribution in [0.2, 0.25) is 0 Å². The number of rotatable bonds is 3. The van der Waals surface area contributed by atoms with Crippen LogP contribution in [0, 0.1) is 4.78 Å². The van der Waals surface area contributed by atoms with Crippen LogP contribution >= 0.6 is 0 Å². The molecule has 5 heteroatoms. The van der Waals surface area contributed by atoms with Crippen molar-refractivity contribution < 1.29 is 14.1 Å². The second-order valence-electron chi connectivity index (χ2n) is 4.34. The largest absolute Gasteiger partial charge is 0.478 e. The molecular formula is C12H15NO3S. The van der Waals surface area contributed by atoms with Crippen molar-refractivity contribution in [1.29, 1.82) is 4.78 Å². The monoisotopic (exact) mass is 253 g/mol. The van der Waals surface area contributed by atoms with Crippen molar-refractivity contribution >= 4 is 15.7 Å². The number of carboxylic acid groups (broad SMARTS) is 1. The highest BCUT2D eigenvalue weighted by molar-refractivity contribution is 7.93. The van der Waals surface area contributed by atoms with Gasteiger partial charge in [-0.1, -0.05) is 18.9 Å². The summed E-state index contributed by atoms with van der Waals surface area (Å²) in [6.07, 6.45) is 3.64. The summed E-state index contributed by atoms with van der Waals surface area (Å²) in [6.45, 7) is 0. The summed E-state index contributed by atoms with van der Waals surface area (Å²) in [6, 6.07) is 5.98. The number of hydrogen-bond acceptors (Lipinski definition) is 3. The standard InChI is InChI=1S/C12H15NO3S/c13-17(16,10-5-1-2-6-10)11-7-3-4-9(8-11)12(14)15/h3-4,7-8,10,13H,1-2,5-6H2,(H,14,15). The Morgan fingerprint density at radius 2 is 2.00 bits per heavy atom. The first-order valence-corrected chi connectivity index (χ1v) is 7.25. The predicted octanol–water partition coefficient (Wildman–Crippen LogP) is 2.73. The minimum absolute atomic E-state index is 0.0977. The highest BCUT2D eigenvalue weighted by Gasteiger charge is 2.27. The minimum atomic E-state index is -2.86. The van der Waals surface area contributed by atoms with Gasteiger partial charge in [-0.3, -0.25) is 0 Å². The fourth-order valence-corrected chi connectivity index (χ4v) is 4.20. The molecule has 2 rings (SSSR count). The molecule has 92 valence electrons. The molecular weight excluding hydrogens is 238 g/mol. The first kappa shape index (κ1) is 12.1. The van der Waals surface area contributed by atoms with Crippen LogP contribution in [-0.4, -0.2) is 20.5 Å². The summed E-state index contributed by atoms with van der Waals surface area (Å²) in [5, 5.41) is 8.77. The van der Waals surface area contributed by atoms with E-state index in [0.29, 0.717) is 4.90 Å². The Morgan fingerprint density at radius 3 is 2.59 bits per heavy atom. The highest BCUT2D eigenvalue weighted by atomic mass is 32.2. The van der Waals surface area contributed by atoms with E-state index in [9.17, 15) is 9.00 Å². The van der Waals surface area contributed by atoms with Crippen molar-refractivity contribution in [3.8, 4) is 0 Å². The van der Waals surface area contributed by atoms with Gasteiger partial charge < -0.3 is 5.11 Å². The highest BCUT2D eigenvalue weighted by Crippen LogP contribution is 2.30. The smallest absolute Gasteiger partial charge is 0.335 e. The van der Waals surface area contributed by atoms with Gasteiger partial charge >= 0.3 is 5.97 Å². The lowest BCUT2D eigenvalue weighted by atomic mass is 10.2. The molecule has 4 nitrogen and oxygen atoms in total. The fraction of sp³-hybridized carbons (Fsp3) is 0.417. The van der Waals surface area contributed by atoms with E-state index in [1.54, 1.807) is 12.1 Å². The van der Waals surface area contributed by atoms with Crippen molar-refractivity contribution in [2.24, 2.45) is 0 Å². The second kappa shape index (κ2) is 4.49. The molecule has 0 heterocycles. The zero-order chi connectivity index (χ0) is 12.5. The summed E-state index contributed by atoms with van der Waals surface area (Å²) >= 11 is 0. The number of benzene rings is 1. The molecule has 0 amide bonds. The van der Waals surface area contributed by atoms with Crippen molar-refractivity contribution in [3.63, 3.8) is 0 Å². The minimum Gasteiger partial charge on any atom is -0.478 e. The van der Waals surface area contributed by atoms with Gasteiger partial charge in [-0.2, -0.15) is 0 Å². The number of carboxylic acids is 1. The van der Waals surface area contributed by atoms with Gasteiger partial charge in [0.2, 0.25) is 0 Å². The van der Waals surface area contributed by atoms with Gasteiger partial charge in [0.25, 0.3) is 0 Å². The Kier molecular flexibility index (Phi) is 3.19. The predicted molar refractivity (Wildman–Crippen MR) is 64.8 cm³/mol. The quantitative estimate of drug-likeness (QED) is 0.869. The maximum absolute atomic E-state index is 12.4. The van der Waals surface area contributed by atoms with Gasteiger partial charge in [0.15, 0.2) is 0 Å². The van der Waals surface area contributed by atoms with E-state index in [4.69, 9.17) is 9.89 Å². The molecule has 0 radical (unpaired) electrons. The molecule has 0 bridgehead atoms. The van der Waals surface area contributed by atoms with Gasteiger partial charge in [0.1, 0.15) is 0 Å². The van der Waals surface area contributed by atoms with Gasteiger partial charge in [0, 0.05) is 10.1 Å². The molecule has 1 fully saturated rings. The Hall–Kier alpha value is -1.36. The van der Waals surface area contributed by atoms with E-state index >= 15 is 0 Å². The molecule has 0 spiro atoms. The van der Waals surface area contributed by atoms with E-state index in [1.807, 2.05) is 0 Å². The molecule has 0 aliphatic heterocycles. The number of nitrogens with one attached hydrogen (secondary N) is 1. The molecule has 1 unspecified atom stereocenters. The summed E-state index contributed by atoms with van der Waals surface area (Å²) in [7, 11) is -2.86. The van der Waals surface area contributed by atoms with Crippen LogP contribution in [-0.2, 0) is 9.73 Å². The Bertz CT molecular complexity index is 530. The SMILES string of the molecule is N=S(=O)(c1cccc(C(=O)O)c1)C1CCCC1. The Balaban J connectivity index is 2.39. The first-order chi connectivity index (χ1) is 8.01.